The first-order valence-electron chi connectivity index (χ1n) is 7.70. The van der Waals surface area contributed by atoms with Crippen LogP contribution in [0.2, 0.25) is 0 Å². The summed E-state index contributed by atoms with van der Waals surface area (Å²) >= 11 is 0. The maximum absolute atomic E-state index is 12.8. The number of methoxy groups -OCH3 is 1. The number of nitrogens with one attached hydrogen (secondary N) is 1. The van der Waals surface area contributed by atoms with Crippen LogP contribution in [0.5, 0.6) is 5.75 Å². The normalized spacial score (nSPS) is 16.8. The Labute approximate surface area is 131 Å². The zero-order chi connectivity index (χ0) is 15.6. The van der Waals surface area contributed by atoms with Crippen molar-refractivity contribution in [3.63, 3.8) is 0 Å². The van der Waals surface area contributed by atoms with Gasteiger partial charge in [-0.1, -0.05) is 43.5 Å². The van der Waals surface area contributed by atoms with Gasteiger partial charge in [-0.25, -0.2) is 13.1 Å². The SMILES string of the molecule is COc1ccc(S(=O)(=O)NC2CCCCC2)c2ccccc12. The van der Waals surface area contributed by atoms with Crippen molar-refractivity contribution in [2.45, 2.75) is 43.0 Å². The van der Waals surface area contributed by atoms with Gasteiger partial charge in [0.2, 0.25) is 10.0 Å². The van der Waals surface area contributed by atoms with Crippen molar-refractivity contribution in [2.75, 3.05) is 7.11 Å². The lowest BCUT2D eigenvalue weighted by Crippen LogP contribution is -2.36. The summed E-state index contributed by atoms with van der Waals surface area (Å²) in [4.78, 5) is 0.328. The van der Waals surface area contributed by atoms with Gasteiger partial charge in [0.15, 0.2) is 0 Å². The van der Waals surface area contributed by atoms with E-state index in [2.05, 4.69) is 4.72 Å². The Morgan fingerprint density at radius 1 is 1.00 bits per heavy atom. The van der Waals surface area contributed by atoms with Crippen molar-refractivity contribution in [1.29, 1.82) is 0 Å². The Balaban J connectivity index is 2.01. The molecular formula is C17H21NO3S. The second-order valence-electron chi connectivity index (χ2n) is 5.77. The third-order valence-electron chi connectivity index (χ3n) is 4.28. The molecule has 0 spiro atoms. The summed E-state index contributed by atoms with van der Waals surface area (Å²) in [5, 5.41) is 1.52. The molecule has 0 radical (unpaired) electrons. The van der Waals surface area contributed by atoms with Gasteiger partial charge in [-0.3, -0.25) is 0 Å². The van der Waals surface area contributed by atoms with Crippen LogP contribution in [-0.4, -0.2) is 21.6 Å². The summed E-state index contributed by atoms with van der Waals surface area (Å²) in [5.74, 6) is 0.687. The molecule has 1 aliphatic carbocycles. The first-order chi connectivity index (χ1) is 10.6. The summed E-state index contributed by atoms with van der Waals surface area (Å²) in [6.45, 7) is 0. The van der Waals surface area contributed by atoms with Gasteiger partial charge < -0.3 is 4.74 Å². The van der Waals surface area contributed by atoms with Gasteiger partial charge >= 0.3 is 0 Å². The first-order valence-corrected chi connectivity index (χ1v) is 9.18. The van der Waals surface area contributed by atoms with E-state index < -0.39 is 10.0 Å². The molecule has 22 heavy (non-hydrogen) atoms. The average Bonchev–Trinajstić information content (AvgIpc) is 2.54. The van der Waals surface area contributed by atoms with Crippen molar-refractivity contribution in [3.8, 4) is 5.75 Å². The van der Waals surface area contributed by atoms with Gasteiger partial charge in [0.25, 0.3) is 0 Å². The summed E-state index contributed by atoms with van der Waals surface area (Å²) in [6.07, 6.45) is 5.23. The molecule has 0 bridgehead atoms. The summed E-state index contributed by atoms with van der Waals surface area (Å²) < 4.78 is 33.7. The fraction of sp³-hybridized carbons (Fsp3) is 0.412. The second-order valence-corrected chi connectivity index (χ2v) is 7.45. The van der Waals surface area contributed by atoms with Crippen LogP contribution in [0.3, 0.4) is 0 Å². The van der Waals surface area contributed by atoms with E-state index in [1.54, 1.807) is 19.2 Å². The van der Waals surface area contributed by atoms with Crippen LogP contribution in [0.1, 0.15) is 32.1 Å². The van der Waals surface area contributed by atoms with Crippen LogP contribution < -0.4 is 9.46 Å². The Bertz CT molecular complexity index is 765. The van der Waals surface area contributed by atoms with Gasteiger partial charge in [0.05, 0.1) is 12.0 Å². The second kappa shape index (κ2) is 6.26. The third kappa shape index (κ3) is 2.96. The summed E-state index contributed by atoms with van der Waals surface area (Å²) in [7, 11) is -1.92. The summed E-state index contributed by atoms with van der Waals surface area (Å²) in [5.41, 5.74) is 0. The predicted octanol–water partition coefficient (Wildman–Crippen LogP) is 3.46. The molecule has 4 nitrogen and oxygen atoms in total. The van der Waals surface area contributed by atoms with Gasteiger partial charge in [-0.05, 0) is 25.0 Å². The average molecular weight is 319 g/mol. The van der Waals surface area contributed by atoms with Crippen molar-refractivity contribution in [2.24, 2.45) is 0 Å². The van der Waals surface area contributed by atoms with E-state index in [-0.39, 0.29) is 6.04 Å². The van der Waals surface area contributed by atoms with Gasteiger partial charge in [-0.15, -0.1) is 0 Å². The molecule has 3 rings (SSSR count). The molecule has 0 unspecified atom stereocenters. The summed E-state index contributed by atoms with van der Waals surface area (Å²) in [6, 6.07) is 10.8. The number of sulfonamides is 1. The van der Waals surface area contributed by atoms with Gasteiger partial charge in [0, 0.05) is 16.8 Å². The van der Waals surface area contributed by atoms with Crippen LogP contribution in [0.15, 0.2) is 41.3 Å². The molecule has 0 heterocycles. The van der Waals surface area contributed by atoms with Crippen LogP contribution in [-0.2, 0) is 10.0 Å². The topological polar surface area (TPSA) is 55.4 Å². The van der Waals surface area contributed by atoms with Crippen LogP contribution >= 0.6 is 0 Å². The molecule has 118 valence electrons. The van der Waals surface area contributed by atoms with Crippen molar-refractivity contribution < 1.29 is 13.2 Å². The lowest BCUT2D eigenvalue weighted by molar-refractivity contribution is 0.412. The Morgan fingerprint density at radius 2 is 1.68 bits per heavy atom. The Kier molecular flexibility index (Phi) is 4.36. The van der Waals surface area contributed by atoms with E-state index in [0.29, 0.717) is 16.0 Å². The van der Waals surface area contributed by atoms with Crippen molar-refractivity contribution >= 4 is 20.8 Å². The van der Waals surface area contributed by atoms with Crippen LogP contribution in [0.25, 0.3) is 10.8 Å². The number of hydrogen-bond acceptors (Lipinski definition) is 3. The molecule has 1 fully saturated rings. The molecule has 1 saturated carbocycles. The number of hydrogen-bond donors (Lipinski definition) is 1. The predicted molar refractivity (Wildman–Crippen MR) is 87.7 cm³/mol. The van der Waals surface area contributed by atoms with E-state index in [1.165, 1.54) is 6.42 Å². The maximum atomic E-state index is 12.8. The quantitative estimate of drug-likeness (QED) is 0.939. The lowest BCUT2D eigenvalue weighted by atomic mass is 9.96. The van der Waals surface area contributed by atoms with Crippen LogP contribution in [0, 0.1) is 0 Å². The highest BCUT2D eigenvalue weighted by Gasteiger charge is 2.24. The highest BCUT2D eigenvalue weighted by molar-refractivity contribution is 7.89. The largest absolute Gasteiger partial charge is 0.496 e. The smallest absolute Gasteiger partial charge is 0.241 e. The van der Waals surface area contributed by atoms with E-state index in [1.807, 2.05) is 24.3 Å². The fourth-order valence-electron chi connectivity index (χ4n) is 3.16. The Morgan fingerprint density at radius 3 is 2.36 bits per heavy atom. The van der Waals surface area contributed by atoms with Crippen molar-refractivity contribution in [1.82, 2.24) is 4.72 Å². The van der Waals surface area contributed by atoms with E-state index in [4.69, 9.17) is 4.74 Å². The van der Waals surface area contributed by atoms with Gasteiger partial charge in [0.1, 0.15) is 5.75 Å². The highest BCUT2D eigenvalue weighted by Crippen LogP contribution is 2.31. The molecule has 0 aliphatic heterocycles. The molecule has 5 heteroatoms. The number of benzene rings is 2. The number of rotatable bonds is 4. The highest BCUT2D eigenvalue weighted by atomic mass is 32.2. The molecule has 2 aromatic rings. The lowest BCUT2D eigenvalue weighted by Gasteiger charge is -2.23. The van der Waals surface area contributed by atoms with E-state index >= 15 is 0 Å². The molecule has 1 N–H and O–H groups in total. The van der Waals surface area contributed by atoms with Gasteiger partial charge in [-0.2, -0.15) is 0 Å². The maximum Gasteiger partial charge on any atom is 0.241 e. The molecule has 0 aromatic heterocycles. The van der Waals surface area contributed by atoms with E-state index in [9.17, 15) is 8.42 Å². The molecule has 0 amide bonds. The molecule has 1 aliphatic rings. The molecular weight excluding hydrogens is 298 g/mol. The molecule has 0 saturated heterocycles. The third-order valence-corrected chi connectivity index (χ3v) is 5.86. The molecule has 0 atom stereocenters. The van der Waals surface area contributed by atoms with E-state index in [0.717, 1.165) is 31.1 Å². The van der Waals surface area contributed by atoms with Crippen LogP contribution in [0.4, 0.5) is 0 Å². The zero-order valence-electron chi connectivity index (χ0n) is 12.7. The number of fused-ring (bicyclic) bond motifs is 1. The minimum absolute atomic E-state index is 0.0552. The molecule has 2 aromatic carbocycles. The zero-order valence-corrected chi connectivity index (χ0v) is 13.5. The fourth-order valence-corrected chi connectivity index (χ4v) is 4.68. The minimum Gasteiger partial charge on any atom is -0.496 e. The monoisotopic (exact) mass is 319 g/mol. The van der Waals surface area contributed by atoms with Crippen molar-refractivity contribution in [3.05, 3.63) is 36.4 Å². The Hall–Kier alpha value is -1.59. The standard InChI is InChI=1S/C17H21NO3S/c1-21-16-11-12-17(15-10-6-5-9-14(15)16)22(19,20)18-13-7-3-2-4-8-13/h5-6,9-13,18H,2-4,7-8H2,1H3. The minimum atomic E-state index is -3.52. The first kappa shape index (κ1) is 15.3. The number of ether oxygens (including phenoxy) is 1.